The van der Waals surface area contributed by atoms with Gasteiger partial charge in [0.25, 0.3) is 0 Å². The SMILES string of the molecule is Cc1nc(SCC(=O)Nc2ccccc2C(F)(F)F)nc2c1CCCC2. The first-order valence-corrected chi connectivity index (χ1v) is 9.28. The predicted molar refractivity (Wildman–Crippen MR) is 94.2 cm³/mol. The first-order valence-electron chi connectivity index (χ1n) is 8.30. The normalized spacial score (nSPS) is 14.0. The number of benzene rings is 1. The van der Waals surface area contributed by atoms with Crippen molar-refractivity contribution in [3.8, 4) is 0 Å². The molecule has 1 amide bonds. The smallest absolute Gasteiger partial charge is 0.325 e. The maximum Gasteiger partial charge on any atom is 0.418 e. The van der Waals surface area contributed by atoms with Crippen molar-refractivity contribution in [1.29, 1.82) is 0 Å². The topological polar surface area (TPSA) is 54.9 Å². The van der Waals surface area contributed by atoms with Gasteiger partial charge in [-0.2, -0.15) is 13.2 Å². The van der Waals surface area contributed by atoms with Crippen LogP contribution in [0.15, 0.2) is 29.4 Å². The van der Waals surface area contributed by atoms with E-state index in [1.807, 2.05) is 6.92 Å². The summed E-state index contributed by atoms with van der Waals surface area (Å²) >= 11 is 1.13. The van der Waals surface area contributed by atoms with Gasteiger partial charge in [0, 0.05) is 11.4 Å². The van der Waals surface area contributed by atoms with Crippen molar-refractivity contribution in [2.24, 2.45) is 0 Å². The van der Waals surface area contributed by atoms with E-state index in [9.17, 15) is 18.0 Å². The van der Waals surface area contributed by atoms with E-state index in [1.165, 1.54) is 23.8 Å². The van der Waals surface area contributed by atoms with Crippen molar-refractivity contribution in [2.75, 3.05) is 11.1 Å². The van der Waals surface area contributed by atoms with Crippen LogP contribution in [0.4, 0.5) is 18.9 Å². The molecule has 0 unspecified atom stereocenters. The van der Waals surface area contributed by atoms with E-state index < -0.39 is 17.6 Å². The Hall–Kier alpha value is -2.09. The molecule has 8 heteroatoms. The number of hydrogen-bond acceptors (Lipinski definition) is 4. The molecule has 4 nitrogen and oxygen atoms in total. The number of anilines is 1. The Morgan fingerprint density at radius 3 is 2.69 bits per heavy atom. The van der Waals surface area contributed by atoms with Gasteiger partial charge in [-0.1, -0.05) is 23.9 Å². The summed E-state index contributed by atoms with van der Waals surface area (Å²) in [5, 5.41) is 2.82. The van der Waals surface area contributed by atoms with Crippen LogP contribution in [-0.2, 0) is 23.8 Å². The van der Waals surface area contributed by atoms with Crippen molar-refractivity contribution >= 4 is 23.4 Å². The number of carbonyl (C=O) groups excluding carboxylic acids is 1. The number of hydrogen-bond donors (Lipinski definition) is 1. The number of aryl methyl sites for hydroxylation is 2. The molecule has 0 fully saturated rings. The minimum absolute atomic E-state index is 0.0512. The zero-order valence-corrected chi connectivity index (χ0v) is 15.0. The maximum absolute atomic E-state index is 13.0. The van der Waals surface area contributed by atoms with E-state index in [0.29, 0.717) is 5.16 Å². The molecular formula is C18H18F3N3OS. The summed E-state index contributed by atoms with van der Waals surface area (Å²) in [5.41, 5.74) is 2.02. The predicted octanol–water partition coefficient (Wildman–Crippen LogP) is 4.41. The third-order valence-electron chi connectivity index (χ3n) is 4.21. The lowest BCUT2D eigenvalue weighted by molar-refractivity contribution is -0.137. The summed E-state index contributed by atoms with van der Waals surface area (Å²) in [6.07, 6.45) is -0.430. The third kappa shape index (κ3) is 4.35. The number of aromatic nitrogens is 2. The fourth-order valence-corrected chi connectivity index (χ4v) is 3.68. The summed E-state index contributed by atoms with van der Waals surface area (Å²) < 4.78 is 38.9. The van der Waals surface area contributed by atoms with Crippen LogP contribution in [0, 0.1) is 6.92 Å². The van der Waals surface area contributed by atoms with E-state index >= 15 is 0 Å². The molecule has 3 rings (SSSR count). The molecule has 1 N–H and O–H groups in total. The average molecular weight is 381 g/mol. The fourth-order valence-electron chi connectivity index (χ4n) is 2.97. The first kappa shape index (κ1) is 18.7. The summed E-state index contributed by atoms with van der Waals surface area (Å²) in [6.45, 7) is 1.93. The van der Waals surface area contributed by atoms with Crippen LogP contribution in [0.3, 0.4) is 0 Å². The van der Waals surface area contributed by atoms with Crippen molar-refractivity contribution in [3.63, 3.8) is 0 Å². The zero-order chi connectivity index (χ0) is 18.7. The van der Waals surface area contributed by atoms with Gasteiger partial charge in [0.2, 0.25) is 5.91 Å². The Bertz CT molecular complexity index is 824. The monoisotopic (exact) mass is 381 g/mol. The quantitative estimate of drug-likeness (QED) is 0.629. The highest BCUT2D eigenvalue weighted by Crippen LogP contribution is 2.34. The van der Waals surface area contributed by atoms with E-state index in [4.69, 9.17) is 0 Å². The highest BCUT2D eigenvalue weighted by Gasteiger charge is 2.33. The van der Waals surface area contributed by atoms with E-state index in [0.717, 1.165) is 54.9 Å². The molecule has 1 aliphatic carbocycles. The van der Waals surface area contributed by atoms with Crippen LogP contribution in [-0.4, -0.2) is 21.6 Å². The number of carbonyl (C=O) groups is 1. The lowest BCUT2D eigenvalue weighted by atomic mass is 9.95. The molecule has 26 heavy (non-hydrogen) atoms. The van der Waals surface area contributed by atoms with Crippen LogP contribution in [0.1, 0.15) is 35.4 Å². The van der Waals surface area contributed by atoms with E-state index in [1.54, 1.807) is 0 Å². The lowest BCUT2D eigenvalue weighted by Crippen LogP contribution is -2.18. The van der Waals surface area contributed by atoms with Crippen LogP contribution in [0.2, 0.25) is 0 Å². The Morgan fingerprint density at radius 1 is 1.19 bits per heavy atom. The second kappa shape index (κ2) is 7.65. The van der Waals surface area contributed by atoms with Gasteiger partial charge < -0.3 is 5.32 Å². The molecule has 2 aromatic rings. The molecule has 0 bridgehead atoms. The standard InChI is InChI=1S/C18H18F3N3OS/c1-11-12-6-2-4-8-14(12)24-17(22-11)26-10-16(25)23-15-9-5-3-7-13(15)18(19,20)21/h3,5,7,9H,2,4,6,8,10H2,1H3,(H,23,25). The number of rotatable bonds is 4. The molecule has 138 valence electrons. The summed E-state index contributed by atoms with van der Waals surface area (Å²) in [4.78, 5) is 21.0. The van der Waals surface area contributed by atoms with Crippen molar-refractivity contribution in [1.82, 2.24) is 9.97 Å². The van der Waals surface area contributed by atoms with Crippen molar-refractivity contribution in [2.45, 2.75) is 43.9 Å². The van der Waals surface area contributed by atoms with Gasteiger partial charge in [-0.05, 0) is 50.3 Å². The molecule has 0 radical (unpaired) electrons. The third-order valence-corrected chi connectivity index (χ3v) is 5.06. The minimum atomic E-state index is -4.52. The Morgan fingerprint density at radius 2 is 1.92 bits per heavy atom. The molecule has 0 saturated heterocycles. The highest BCUT2D eigenvalue weighted by molar-refractivity contribution is 7.99. The maximum atomic E-state index is 13.0. The van der Waals surface area contributed by atoms with Crippen LogP contribution in [0.25, 0.3) is 0 Å². The molecule has 0 aliphatic heterocycles. The Kier molecular flexibility index (Phi) is 5.50. The highest BCUT2D eigenvalue weighted by atomic mass is 32.2. The van der Waals surface area contributed by atoms with Crippen LogP contribution >= 0.6 is 11.8 Å². The molecule has 0 spiro atoms. The number of alkyl halides is 3. The molecule has 1 aromatic carbocycles. The summed E-state index contributed by atoms with van der Waals surface area (Å²) in [7, 11) is 0. The van der Waals surface area contributed by atoms with Crippen LogP contribution < -0.4 is 5.32 Å². The number of fused-ring (bicyclic) bond motifs is 1. The molecule has 0 saturated carbocycles. The molecule has 0 atom stereocenters. The number of nitrogens with one attached hydrogen (secondary N) is 1. The van der Waals surface area contributed by atoms with Crippen molar-refractivity contribution < 1.29 is 18.0 Å². The summed E-state index contributed by atoms with van der Waals surface area (Å²) in [6, 6.07) is 4.93. The average Bonchev–Trinajstić information content (AvgIpc) is 2.60. The van der Waals surface area contributed by atoms with E-state index in [2.05, 4.69) is 15.3 Å². The van der Waals surface area contributed by atoms with Crippen molar-refractivity contribution in [3.05, 3.63) is 46.8 Å². The number of halogens is 3. The van der Waals surface area contributed by atoms with Gasteiger partial charge in [0.1, 0.15) is 0 Å². The Balaban J connectivity index is 1.66. The lowest BCUT2D eigenvalue weighted by Gasteiger charge is -2.17. The molecule has 1 aliphatic rings. The number of amides is 1. The van der Waals surface area contributed by atoms with Gasteiger partial charge in [-0.25, -0.2) is 9.97 Å². The summed E-state index contributed by atoms with van der Waals surface area (Å²) in [5.74, 6) is -0.574. The van der Waals surface area contributed by atoms with Gasteiger partial charge in [-0.3, -0.25) is 4.79 Å². The van der Waals surface area contributed by atoms with Gasteiger partial charge in [0.15, 0.2) is 5.16 Å². The first-order chi connectivity index (χ1) is 12.3. The minimum Gasteiger partial charge on any atom is -0.325 e. The second-order valence-corrected chi connectivity index (χ2v) is 7.05. The zero-order valence-electron chi connectivity index (χ0n) is 14.2. The largest absolute Gasteiger partial charge is 0.418 e. The van der Waals surface area contributed by atoms with Gasteiger partial charge in [-0.15, -0.1) is 0 Å². The Labute approximate surface area is 153 Å². The number of para-hydroxylation sites is 1. The second-order valence-electron chi connectivity index (χ2n) is 6.10. The van der Waals surface area contributed by atoms with E-state index in [-0.39, 0.29) is 11.4 Å². The van der Waals surface area contributed by atoms with Crippen LogP contribution in [0.5, 0.6) is 0 Å². The number of nitrogens with zero attached hydrogens (tertiary/aromatic N) is 2. The molecular weight excluding hydrogens is 363 g/mol. The fraction of sp³-hybridized carbons (Fsp3) is 0.389. The number of thioether (sulfide) groups is 1. The van der Waals surface area contributed by atoms with Gasteiger partial charge >= 0.3 is 6.18 Å². The van der Waals surface area contributed by atoms with Gasteiger partial charge in [0.05, 0.1) is 17.0 Å². The molecule has 1 aromatic heterocycles. The molecule has 1 heterocycles.